The average molecular weight is 384 g/mol. The zero-order chi connectivity index (χ0) is 20.4. The number of carbonyl (C=O) groups excluding carboxylic acids is 3. The normalized spacial score (nSPS) is 12.8. The summed E-state index contributed by atoms with van der Waals surface area (Å²) in [5.41, 5.74) is 3.56. The maximum Gasteiger partial charge on any atom is 0.266 e. The van der Waals surface area contributed by atoms with Gasteiger partial charge in [-0.05, 0) is 54.8 Å². The van der Waals surface area contributed by atoms with E-state index in [1.54, 1.807) is 30.3 Å². The number of nitrogens with one attached hydrogen (secondary N) is 1. The molecule has 0 saturated heterocycles. The van der Waals surface area contributed by atoms with Gasteiger partial charge in [-0.15, -0.1) is 0 Å². The predicted octanol–water partition coefficient (Wildman–Crippen LogP) is 3.77. The van der Waals surface area contributed by atoms with E-state index in [9.17, 15) is 14.4 Å². The third-order valence-corrected chi connectivity index (χ3v) is 4.95. The van der Waals surface area contributed by atoms with Gasteiger partial charge in [0.05, 0.1) is 16.8 Å². The summed E-state index contributed by atoms with van der Waals surface area (Å²) in [7, 11) is 0. The van der Waals surface area contributed by atoms with Crippen LogP contribution < -0.4 is 10.2 Å². The van der Waals surface area contributed by atoms with Gasteiger partial charge in [0.1, 0.15) is 0 Å². The first-order valence-corrected chi connectivity index (χ1v) is 9.46. The van der Waals surface area contributed by atoms with Crippen LogP contribution in [-0.4, -0.2) is 24.3 Å². The van der Waals surface area contributed by atoms with E-state index in [1.807, 2.05) is 43.3 Å². The fourth-order valence-electron chi connectivity index (χ4n) is 3.45. The fraction of sp³-hybridized carbons (Fsp3) is 0.125. The summed E-state index contributed by atoms with van der Waals surface area (Å²) >= 11 is 0. The second-order valence-corrected chi connectivity index (χ2v) is 7.04. The summed E-state index contributed by atoms with van der Waals surface area (Å²) in [6.07, 6.45) is 0.718. The topological polar surface area (TPSA) is 66.5 Å². The monoisotopic (exact) mass is 384 g/mol. The Morgan fingerprint density at radius 3 is 2.38 bits per heavy atom. The van der Waals surface area contributed by atoms with Gasteiger partial charge >= 0.3 is 0 Å². The summed E-state index contributed by atoms with van der Waals surface area (Å²) in [5, 5.41) is 2.87. The number of aryl methyl sites for hydroxylation is 1. The molecule has 0 aromatic heterocycles. The molecular formula is C24H20N2O3. The molecule has 0 fully saturated rings. The molecule has 1 aliphatic heterocycles. The highest BCUT2D eigenvalue weighted by Crippen LogP contribution is 2.29. The summed E-state index contributed by atoms with van der Waals surface area (Å²) in [6, 6.07) is 21.7. The van der Waals surface area contributed by atoms with Gasteiger partial charge in [0.2, 0.25) is 0 Å². The van der Waals surface area contributed by atoms with E-state index in [2.05, 4.69) is 5.32 Å². The molecule has 0 spiro atoms. The number of benzene rings is 3. The van der Waals surface area contributed by atoms with Gasteiger partial charge < -0.3 is 5.32 Å². The first-order valence-electron chi connectivity index (χ1n) is 9.46. The van der Waals surface area contributed by atoms with Crippen LogP contribution >= 0.6 is 0 Å². The lowest BCUT2D eigenvalue weighted by Gasteiger charge is -2.14. The number of hydrogen-bond donors (Lipinski definition) is 1. The first-order chi connectivity index (χ1) is 14.0. The largest absolute Gasteiger partial charge is 0.352 e. The van der Waals surface area contributed by atoms with Crippen LogP contribution in [0.5, 0.6) is 0 Å². The van der Waals surface area contributed by atoms with Crippen molar-refractivity contribution in [3.05, 3.63) is 101 Å². The van der Waals surface area contributed by atoms with Gasteiger partial charge in [0.25, 0.3) is 17.7 Å². The molecule has 4 rings (SSSR count). The highest BCUT2D eigenvalue weighted by atomic mass is 16.2. The lowest BCUT2D eigenvalue weighted by Crippen LogP contribution is -2.29. The maximum atomic E-state index is 12.9. The zero-order valence-electron chi connectivity index (χ0n) is 16.0. The second kappa shape index (κ2) is 7.72. The van der Waals surface area contributed by atoms with Crippen molar-refractivity contribution in [3.8, 4) is 0 Å². The van der Waals surface area contributed by atoms with Gasteiger partial charge in [-0.2, -0.15) is 0 Å². The van der Waals surface area contributed by atoms with E-state index < -0.39 is 5.91 Å². The highest BCUT2D eigenvalue weighted by molar-refractivity contribution is 6.34. The molecule has 3 aromatic carbocycles. The Balaban J connectivity index is 1.50. The van der Waals surface area contributed by atoms with Crippen molar-refractivity contribution in [3.63, 3.8) is 0 Å². The van der Waals surface area contributed by atoms with Crippen LogP contribution in [0.1, 0.15) is 42.2 Å². The SMILES string of the molecule is Cc1cccc(N2C(=O)c3ccc(C(=O)NCCc4ccccc4)cc3C2=O)c1. The van der Waals surface area contributed by atoms with E-state index in [0.717, 1.165) is 22.4 Å². The lowest BCUT2D eigenvalue weighted by molar-refractivity contribution is 0.0923. The van der Waals surface area contributed by atoms with E-state index in [4.69, 9.17) is 0 Å². The molecule has 29 heavy (non-hydrogen) atoms. The Kier molecular flexibility index (Phi) is 4.96. The van der Waals surface area contributed by atoms with Crippen LogP contribution in [-0.2, 0) is 6.42 Å². The number of rotatable bonds is 5. The Morgan fingerprint density at radius 2 is 1.62 bits per heavy atom. The predicted molar refractivity (Wildman–Crippen MR) is 111 cm³/mol. The molecule has 5 heteroatoms. The van der Waals surface area contributed by atoms with Crippen molar-refractivity contribution in [1.82, 2.24) is 5.32 Å². The van der Waals surface area contributed by atoms with Gasteiger partial charge in [0, 0.05) is 12.1 Å². The summed E-state index contributed by atoms with van der Waals surface area (Å²) in [6.45, 7) is 2.39. The minimum atomic E-state index is -0.408. The number of nitrogens with zero attached hydrogens (tertiary/aromatic N) is 1. The highest BCUT2D eigenvalue weighted by Gasteiger charge is 2.37. The van der Waals surface area contributed by atoms with Crippen LogP contribution in [0.3, 0.4) is 0 Å². The van der Waals surface area contributed by atoms with Crippen LogP contribution in [0, 0.1) is 6.92 Å². The summed E-state index contributed by atoms with van der Waals surface area (Å²) in [5.74, 6) is -1.04. The molecular weight excluding hydrogens is 364 g/mol. The van der Waals surface area contributed by atoms with Crippen molar-refractivity contribution < 1.29 is 14.4 Å². The average Bonchev–Trinajstić information content (AvgIpc) is 2.98. The van der Waals surface area contributed by atoms with Gasteiger partial charge in [0.15, 0.2) is 0 Å². The van der Waals surface area contributed by atoms with Crippen LogP contribution in [0.15, 0.2) is 72.8 Å². The maximum absolute atomic E-state index is 12.9. The zero-order valence-corrected chi connectivity index (χ0v) is 16.0. The molecule has 0 aliphatic carbocycles. The van der Waals surface area contributed by atoms with Gasteiger partial charge in [-0.1, -0.05) is 42.5 Å². The Morgan fingerprint density at radius 1 is 0.862 bits per heavy atom. The number of fused-ring (bicyclic) bond motifs is 1. The molecule has 0 atom stereocenters. The molecule has 0 saturated carbocycles. The Hall–Kier alpha value is -3.73. The molecule has 0 radical (unpaired) electrons. The van der Waals surface area contributed by atoms with Crippen LogP contribution in [0.4, 0.5) is 5.69 Å². The van der Waals surface area contributed by atoms with Crippen molar-refractivity contribution >= 4 is 23.4 Å². The summed E-state index contributed by atoms with van der Waals surface area (Å²) < 4.78 is 0. The summed E-state index contributed by atoms with van der Waals surface area (Å²) in [4.78, 5) is 39.3. The number of hydrogen-bond acceptors (Lipinski definition) is 3. The molecule has 3 amide bonds. The fourth-order valence-corrected chi connectivity index (χ4v) is 3.45. The first kappa shape index (κ1) is 18.6. The third-order valence-electron chi connectivity index (χ3n) is 4.95. The van der Waals surface area contributed by atoms with Crippen molar-refractivity contribution in [2.24, 2.45) is 0 Å². The molecule has 3 aromatic rings. The lowest BCUT2D eigenvalue weighted by atomic mass is 10.1. The minimum Gasteiger partial charge on any atom is -0.352 e. The number of anilines is 1. The Labute approximate surface area is 169 Å². The van der Waals surface area contributed by atoms with E-state index in [1.165, 1.54) is 6.07 Å². The smallest absolute Gasteiger partial charge is 0.266 e. The van der Waals surface area contributed by atoms with Gasteiger partial charge in [-0.25, -0.2) is 4.90 Å². The van der Waals surface area contributed by atoms with Crippen molar-refractivity contribution in [1.29, 1.82) is 0 Å². The van der Waals surface area contributed by atoms with E-state index >= 15 is 0 Å². The van der Waals surface area contributed by atoms with Crippen LogP contribution in [0.2, 0.25) is 0 Å². The Bertz CT molecular complexity index is 1110. The number of amides is 3. The molecule has 0 unspecified atom stereocenters. The number of carbonyl (C=O) groups is 3. The standard InChI is InChI=1S/C24H20N2O3/c1-16-6-5-9-19(14-16)26-23(28)20-11-10-18(15-21(20)24(26)29)22(27)25-13-12-17-7-3-2-4-8-17/h2-11,14-15H,12-13H2,1H3,(H,25,27). The van der Waals surface area contributed by atoms with E-state index in [0.29, 0.717) is 23.4 Å². The molecule has 144 valence electrons. The minimum absolute atomic E-state index is 0.257. The third kappa shape index (κ3) is 3.67. The molecule has 0 bridgehead atoms. The van der Waals surface area contributed by atoms with Crippen molar-refractivity contribution in [2.75, 3.05) is 11.4 Å². The second-order valence-electron chi connectivity index (χ2n) is 7.04. The van der Waals surface area contributed by atoms with Crippen molar-refractivity contribution in [2.45, 2.75) is 13.3 Å². The molecule has 1 aliphatic rings. The quantitative estimate of drug-likeness (QED) is 0.681. The van der Waals surface area contributed by atoms with Crippen LogP contribution in [0.25, 0.3) is 0 Å². The van der Waals surface area contributed by atoms with E-state index in [-0.39, 0.29) is 17.4 Å². The molecule has 5 nitrogen and oxygen atoms in total. The number of imide groups is 1. The molecule has 1 N–H and O–H groups in total. The van der Waals surface area contributed by atoms with Gasteiger partial charge in [-0.3, -0.25) is 14.4 Å². The molecule has 1 heterocycles.